The molecule has 4 rings (SSSR count). The van der Waals surface area contributed by atoms with Crippen molar-refractivity contribution in [2.45, 2.75) is 9.79 Å². The molecule has 138 valence electrons. The predicted octanol–water partition coefficient (Wildman–Crippen LogP) is 1.44. The van der Waals surface area contributed by atoms with Crippen LogP contribution in [-0.2, 0) is 10.8 Å². The van der Waals surface area contributed by atoms with Crippen LogP contribution in [0, 0.1) is 0 Å². The van der Waals surface area contributed by atoms with E-state index in [1.165, 1.54) is 18.0 Å². The summed E-state index contributed by atoms with van der Waals surface area (Å²) in [5.74, 6) is 0.494. The summed E-state index contributed by atoms with van der Waals surface area (Å²) in [6.07, 6.45) is 2.90. The van der Waals surface area contributed by atoms with Crippen molar-refractivity contribution in [1.29, 1.82) is 0 Å². The third-order valence-electron chi connectivity index (χ3n) is 3.94. The van der Waals surface area contributed by atoms with E-state index < -0.39 is 10.8 Å². The smallest absolute Gasteiger partial charge is 0.349 e. The highest BCUT2D eigenvalue weighted by atomic mass is 32.2. The summed E-state index contributed by atoms with van der Waals surface area (Å²) in [4.78, 5) is 19.7. The number of ether oxygens (including phenoxy) is 1. The first-order chi connectivity index (χ1) is 12.7. The predicted molar refractivity (Wildman–Crippen MR) is 100 cm³/mol. The van der Waals surface area contributed by atoms with Crippen molar-refractivity contribution in [3.8, 4) is 16.9 Å². The number of methoxy groups -OCH3 is 1. The summed E-state index contributed by atoms with van der Waals surface area (Å²) in [5.41, 5.74) is 1.53. The Balaban J connectivity index is 0.00000210. The van der Waals surface area contributed by atoms with E-state index in [0.29, 0.717) is 26.8 Å². The van der Waals surface area contributed by atoms with Crippen molar-refractivity contribution in [3.05, 3.63) is 71.5 Å². The first-order valence-corrected chi connectivity index (χ1v) is 8.90. The Kier molecular flexibility index (Phi) is 5.15. The Morgan fingerprint density at radius 1 is 1.15 bits per heavy atom. The maximum absolute atomic E-state index is 12.8. The topological polar surface area (TPSA) is 121 Å². The van der Waals surface area contributed by atoms with Crippen molar-refractivity contribution in [2.24, 2.45) is 0 Å². The lowest BCUT2D eigenvalue weighted by atomic mass is 10.1. The summed E-state index contributed by atoms with van der Waals surface area (Å²) >= 11 is 0. The molecule has 0 fully saturated rings. The van der Waals surface area contributed by atoms with Gasteiger partial charge in [-0.15, -0.1) is 0 Å². The molecule has 0 spiro atoms. The maximum Gasteiger partial charge on any atom is 0.349 e. The van der Waals surface area contributed by atoms with E-state index in [1.54, 1.807) is 18.3 Å². The second-order valence-corrected chi connectivity index (χ2v) is 6.90. The largest absolute Gasteiger partial charge is 0.495 e. The van der Waals surface area contributed by atoms with Gasteiger partial charge in [-0.25, -0.2) is 14.0 Å². The second-order valence-electron chi connectivity index (χ2n) is 5.45. The minimum absolute atomic E-state index is 0. The van der Waals surface area contributed by atoms with Crippen LogP contribution in [0.5, 0.6) is 5.75 Å². The van der Waals surface area contributed by atoms with Crippen molar-refractivity contribution in [2.75, 3.05) is 7.11 Å². The molecule has 1 unspecified atom stereocenters. The molecule has 0 aliphatic rings. The quantitative estimate of drug-likeness (QED) is 0.571. The molecule has 2 heterocycles. The van der Waals surface area contributed by atoms with Gasteiger partial charge in [-0.2, -0.15) is 9.61 Å². The summed E-state index contributed by atoms with van der Waals surface area (Å²) < 4.78 is 19.5. The van der Waals surface area contributed by atoms with Crippen LogP contribution in [0.25, 0.3) is 16.8 Å². The number of H-pyrrole nitrogens is 1. The number of nitrogens with one attached hydrogen (secondary N) is 1. The number of rotatable bonds is 4. The number of benzene rings is 2. The zero-order chi connectivity index (χ0) is 18.1. The minimum atomic E-state index is -1.36. The van der Waals surface area contributed by atoms with E-state index in [4.69, 9.17) is 4.74 Å². The van der Waals surface area contributed by atoms with Gasteiger partial charge >= 0.3 is 5.69 Å². The highest BCUT2D eigenvalue weighted by Crippen LogP contribution is 2.32. The Morgan fingerprint density at radius 2 is 1.93 bits per heavy atom. The standard InChI is InChI=1S/C18H14N4O3S.H2O/c1-25-15-9-12(14-10-21-22-17(14)19-11-20-18(22)23)7-8-16(15)26(24)13-5-3-2-4-6-13;/h2-11H,1H3,(H,19,20,23);1H2. The lowest BCUT2D eigenvalue weighted by Gasteiger charge is -2.10. The van der Waals surface area contributed by atoms with Gasteiger partial charge in [-0.05, 0) is 29.8 Å². The normalized spacial score (nSPS) is 11.7. The molecular weight excluding hydrogens is 368 g/mol. The van der Waals surface area contributed by atoms with Gasteiger partial charge < -0.3 is 10.2 Å². The monoisotopic (exact) mass is 384 g/mol. The number of fused-ring (bicyclic) bond motifs is 1. The molecule has 2 aromatic heterocycles. The average molecular weight is 384 g/mol. The highest BCUT2D eigenvalue weighted by Gasteiger charge is 2.16. The molecular formula is C18H16N4O4S. The fourth-order valence-corrected chi connectivity index (χ4v) is 3.86. The second kappa shape index (κ2) is 7.52. The van der Waals surface area contributed by atoms with Crippen LogP contribution in [0.4, 0.5) is 0 Å². The van der Waals surface area contributed by atoms with Crippen molar-refractivity contribution >= 4 is 16.4 Å². The van der Waals surface area contributed by atoms with Crippen molar-refractivity contribution in [3.63, 3.8) is 0 Å². The molecule has 0 bridgehead atoms. The molecule has 8 nitrogen and oxygen atoms in total. The zero-order valence-corrected chi connectivity index (χ0v) is 15.1. The summed E-state index contributed by atoms with van der Waals surface area (Å²) in [6, 6.07) is 14.5. The number of aromatic nitrogens is 4. The SMILES string of the molecule is COc1cc(-c2cnn3c(=O)[nH]cnc23)ccc1S(=O)c1ccccc1.O. The number of aromatic amines is 1. The van der Waals surface area contributed by atoms with Crippen molar-refractivity contribution in [1.82, 2.24) is 19.6 Å². The summed E-state index contributed by atoms with van der Waals surface area (Å²) in [6.45, 7) is 0. The van der Waals surface area contributed by atoms with Crippen LogP contribution in [-0.4, -0.2) is 36.4 Å². The lowest BCUT2D eigenvalue weighted by Crippen LogP contribution is -2.17. The van der Waals surface area contributed by atoms with Gasteiger partial charge in [-0.3, -0.25) is 4.98 Å². The molecule has 0 aliphatic heterocycles. The summed E-state index contributed by atoms with van der Waals surface area (Å²) in [5, 5.41) is 4.06. The van der Waals surface area contributed by atoms with Gasteiger partial charge in [0.25, 0.3) is 0 Å². The first-order valence-electron chi connectivity index (χ1n) is 7.75. The van der Waals surface area contributed by atoms with Crippen LogP contribution in [0.1, 0.15) is 0 Å². The number of nitrogens with zero attached hydrogens (tertiary/aromatic N) is 3. The van der Waals surface area contributed by atoms with Crippen LogP contribution >= 0.6 is 0 Å². The molecule has 2 aromatic carbocycles. The van der Waals surface area contributed by atoms with E-state index in [2.05, 4.69) is 15.1 Å². The van der Waals surface area contributed by atoms with Gasteiger partial charge in [0.05, 0.1) is 35.3 Å². The molecule has 0 radical (unpaired) electrons. The van der Waals surface area contributed by atoms with Crippen LogP contribution in [0.2, 0.25) is 0 Å². The van der Waals surface area contributed by atoms with E-state index in [1.807, 2.05) is 36.4 Å². The van der Waals surface area contributed by atoms with Gasteiger partial charge in [0, 0.05) is 10.5 Å². The van der Waals surface area contributed by atoms with Crippen LogP contribution in [0.15, 0.2) is 75.6 Å². The lowest BCUT2D eigenvalue weighted by molar-refractivity contribution is 0.404. The molecule has 3 N–H and O–H groups in total. The minimum Gasteiger partial charge on any atom is -0.495 e. The molecule has 0 saturated heterocycles. The Bertz CT molecular complexity index is 1170. The molecule has 1 atom stereocenters. The molecule has 4 aromatic rings. The van der Waals surface area contributed by atoms with Crippen molar-refractivity contribution < 1.29 is 14.4 Å². The fraction of sp³-hybridized carbons (Fsp3) is 0.0556. The molecule has 9 heteroatoms. The van der Waals surface area contributed by atoms with Crippen LogP contribution in [0.3, 0.4) is 0 Å². The molecule has 27 heavy (non-hydrogen) atoms. The zero-order valence-electron chi connectivity index (χ0n) is 14.2. The van der Waals surface area contributed by atoms with Gasteiger partial charge in [0.2, 0.25) is 0 Å². The average Bonchev–Trinajstić information content (AvgIpc) is 3.13. The summed E-state index contributed by atoms with van der Waals surface area (Å²) in [7, 11) is 0.171. The van der Waals surface area contributed by atoms with Gasteiger partial charge in [-0.1, -0.05) is 24.3 Å². The van der Waals surface area contributed by atoms with E-state index in [0.717, 1.165) is 5.56 Å². The molecule has 0 saturated carbocycles. The highest BCUT2D eigenvalue weighted by molar-refractivity contribution is 7.85. The fourth-order valence-electron chi connectivity index (χ4n) is 2.69. The number of hydrogen-bond acceptors (Lipinski definition) is 5. The third kappa shape index (κ3) is 3.25. The van der Waals surface area contributed by atoms with E-state index in [-0.39, 0.29) is 11.2 Å². The molecule has 0 amide bonds. The maximum atomic E-state index is 12.8. The first kappa shape index (κ1) is 18.5. The number of hydrogen-bond donors (Lipinski definition) is 1. The Morgan fingerprint density at radius 3 is 2.67 bits per heavy atom. The Hall–Kier alpha value is -3.30. The van der Waals surface area contributed by atoms with Gasteiger partial charge in [0.1, 0.15) is 5.75 Å². The van der Waals surface area contributed by atoms with Gasteiger partial charge in [0.15, 0.2) is 5.65 Å². The van der Waals surface area contributed by atoms with E-state index >= 15 is 0 Å². The molecule has 0 aliphatic carbocycles. The third-order valence-corrected chi connectivity index (χ3v) is 5.38. The van der Waals surface area contributed by atoms with Crippen LogP contribution < -0.4 is 10.4 Å². The Labute approximate surface area is 156 Å². The van der Waals surface area contributed by atoms with E-state index in [9.17, 15) is 9.00 Å².